The van der Waals surface area contributed by atoms with Gasteiger partial charge in [0.05, 0.1) is 0 Å². The van der Waals surface area contributed by atoms with Crippen LogP contribution in [0.4, 0.5) is 0 Å². The molecular weight excluding hydrogens is 274 g/mol. The van der Waals surface area contributed by atoms with Crippen LogP contribution in [0.25, 0.3) is 0 Å². The average molecular weight is 305 g/mol. The summed E-state index contributed by atoms with van der Waals surface area (Å²) in [7, 11) is 2.15. The molecule has 124 valence electrons. The molecule has 1 aliphatic rings. The van der Waals surface area contributed by atoms with Gasteiger partial charge in [-0.3, -0.25) is 4.79 Å². The zero-order chi connectivity index (χ0) is 16.1. The molecule has 0 unspecified atom stereocenters. The van der Waals surface area contributed by atoms with Crippen molar-refractivity contribution >= 4 is 0 Å². The fraction of sp³-hybridized carbons (Fsp3) is 0.722. The number of hydrogen-bond donors (Lipinski definition) is 1. The second-order valence-electron chi connectivity index (χ2n) is 6.95. The van der Waals surface area contributed by atoms with Gasteiger partial charge >= 0.3 is 0 Å². The molecule has 0 radical (unpaired) electrons. The third-order valence-corrected chi connectivity index (χ3v) is 4.41. The molecule has 1 aliphatic heterocycles. The Labute approximate surface area is 134 Å². The number of aromatic nitrogens is 1. The quantitative estimate of drug-likeness (QED) is 0.786. The molecule has 0 aromatic carbocycles. The molecule has 0 aliphatic carbocycles. The van der Waals surface area contributed by atoms with Crippen LogP contribution in [-0.4, -0.2) is 29.6 Å². The lowest BCUT2D eigenvalue weighted by atomic mass is 10.0. The Kier molecular flexibility index (Phi) is 6.21. The summed E-state index contributed by atoms with van der Waals surface area (Å²) in [5.41, 5.74) is 3.74. The van der Waals surface area contributed by atoms with Crippen molar-refractivity contribution in [2.24, 2.45) is 5.92 Å². The van der Waals surface area contributed by atoms with Crippen LogP contribution in [0.3, 0.4) is 0 Å². The van der Waals surface area contributed by atoms with Gasteiger partial charge in [-0.25, -0.2) is 0 Å². The lowest BCUT2D eigenvalue weighted by molar-refractivity contribution is 0.302. The van der Waals surface area contributed by atoms with Gasteiger partial charge in [-0.1, -0.05) is 20.8 Å². The second kappa shape index (κ2) is 7.93. The highest BCUT2D eigenvalue weighted by molar-refractivity contribution is 5.29. The SMILES string of the molecule is CCCNCc1cc2c(n(CCC(C)C)c1=O)CCN(C)C2. The third kappa shape index (κ3) is 4.20. The first kappa shape index (κ1) is 17.2. The van der Waals surface area contributed by atoms with Crippen LogP contribution in [-0.2, 0) is 26.1 Å². The van der Waals surface area contributed by atoms with Crippen molar-refractivity contribution in [2.75, 3.05) is 20.1 Å². The number of fused-ring (bicyclic) bond motifs is 1. The van der Waals surface area contributed by atoms with Gasteiger partial charge in [-0.2, -0.15) is 0 Å². The summed E-state index contributed by atoms with van der Waals surface area (Å²) in [6, 6.07) is 2.14. The zero-order valence-corrected chi connectivity index (χ0v) is 14.6. The highest BCUT2D eigenvalue weighted by Crippen LogP contribution is 2.18. The van der Waals surface area contributed by atoms with Crippen molar-refractivity contribution in [1.82, 2.24) is 14.8 Å². The maximum Gasteiger partial charge on any atom is 0.255 e. The Balaban J connectivity index is 2.33. The molecule has 2 heterocycles. The Morgan fingerprint density at radius 3 is 2.82 bits per heavy atom. The molecule has 0 fully saturated rings. The monoisotopic (exact) mass is 305 g/mol. The number of likely N-dealkylation sites (N-methyl/N-ethyl adjacent to an activating group) is 1. The standard InChI is InChI=1S/C18H31N3O/c1-5-8-19-12-15-11-16-13-20(4)9-7-17(16)21(18(15)22)10-6-14(2)3/h11,14,19H,5-10,12-13H2,1-4H3. The highest BCUT2D eigenvalue weighted by atomic mass is 16.1. The van der Waals surface area contributed by atoms with E-state index in [4.69, 9.17) is 0 Å². The lowest BCUT2D eigenvalue weighted by Crippen LogP contribution is -2.36. The van der Waals surface area contributed by atoms with Crippen molar-refractivity contribution in [2.45, 2.75) is 59.7 Å². The van der Waals surface area contributed by atoms with Crippen molar-refractivity contribution < 1.29 is 0 Å². The van der Waals surface area contributed by atoms with Gasteiger partial charge in [0.1, 0.15) is 0 Å². The number of nitrogens with zero attached hydrogens (tertiary/aromatic N) is 2. The third-order valence-electron chi connectivity index (χ3n) is 4.41. The van der Waals surface area contributed by atoms with E-state index < -0.39 is 0 Å². The first-order chi connectivity index (χ1) is 10.5. The van der Waals surface area contributed by atoms with Crippen LogP contribution in [0, 0.1) is 5.92 Å². The molecule has 0 saturated carbocycles. The fourth-order valence-corrected chi connectivity index (χ4v) is 3.07. The van der Waals surface area contributed by atoms with Crippen molar-refractivity contribution in [3.63, 3.8) is 0 Å². The normalized spacial score (nSPS) is 15.3. The van der Waals surface area contributed by atoms with Gasteiger partial charge < -0.3 is 14.8 Å². The van der Waals surface area contributed by atoms with E-state index >= 15 is 0 Å². The summed E-state index contributed by atoms with van der Waals surface area (Å²) in [5, 5.41) is 3.38. The molecule has 2 rings (SSSR count). The van der Waals surface area contributed by atoms with E-state index in [1.807, 2.05) is 0 Å². The fourth-order valence-electron chi connectivity index (χ4n) is 3.07. The molecule has 0 saturated heterocycles. The Morgan fingerprint density at radius 2 is 2.14 bits per heavy atom. The number of pyridine rings is 1. The molecule has 4 heteroatoms. The van der Waals surface area contributed by atoms with E-state index in [-0.39, 0.29) is 5.56 Å². The molecule has 0 amide bonds. The lowest BCUT2D eigenvalue weighted by Gasteiger charge is -2.28. The van der Waals surface area contributed by atoms with Crippen molar-refractivity contribution in [3.05, 3.63) is 33.2 Å². The van der Waals surface area contributed by atoms with Crippen molar-refractivity contribution in [3.8, 4) is 0 Å². The maximum absolute atomic E-state index is 12.8. The van der Waals surface area contributed by atoms with E-state index in [2.05, 4.69) is 48.7 Å². The summed E-state index contributed by atoms with van der Waals surface area (Å²) < 4.78 is 2.06. The molecule has 1 aromatic rings. The largest absolute Gasteiger partial charge is 0.312 e. The number of rotatable bonds is 7. The van der Waals surface area contributed by atoms with E-state index in [1.54, 1.807) is 0 Å². The van der Waals surface area contributed by atoms with E-state index in [0.717, 1.165) is 51.0 Å². The molecule has 0 bridgehead atoms. The minimum atomic E-state index is 0.215. The smallest absolute Gasteiger partial charge is 0.255 e. The van der Waals surface area contributed by atoms with Gasteiger partial charge in [-0.15, -0.1) is 0 Å². The van der Waals surface area contributed by atoms with Gasteiger partial charge in [0.15, 0.2) is 0 Å². The van der Waals surface area contributed by atoms with Gasteiger partial charge in [0.25, 0.3) is 5.56 Å². The molecule has 4 nitrogen and oxygen atoms in total. The Morgan fingerprint density at radius 1 is 1.36 bits per heavy atom. The molecule has 22 heavy (non-hydrogen) atoms. The van der Waals surface area contributed by atoms with Crippen LogP contribution >= 0.6 is 0 Å². The summed E-state index contributed by atoms with van der Waals surface area (Å²) in [6.45, 7) is 11.1. The average Bonchev–Trinajstić information content (AvgIpc) is 2.47. The van der Waals surface area contributed by atoms with Gasteiger partial charge in [-0.05, 0) is 44.0 Å². The van der Waals surface area contributed by atoms with Crippen molar-refractivity contribution in [1.29, 1.82) is 0 Å². The summed E-state index contributed by atoms with van der Waals surface area (Å²) in [5.74, 6) is 0.621. The molecular formula is C18H31N3O. The van der Waals surface area contributed by atoms with Crippen LogP contribution in [0.15, 0.2) is 10.9 Å². The Hall–Kier alpha value is -1.13. The number of hydrogen-bond acceptors (Lipinski definition) is 3. The minimum Gasteiger partial charge on any atom is -0.312 e. The molecule has 1 aromatic heterocycles. The van der Waals surface area contributed by atoms with Crippen LogP contribution in [0.2, 0.25) is 0 Å². The van der Waals surface area contributed by atoms with Gasteiger partial charge in [0.2, 0.25) is 0 Å². The molecule has 1 N–H and O–H groups in total. The predicted octanol–water partition coefficient (Wildman–Crippen LogP) is 2.38. The van der Waals surface area contributed by atoms with Crippen LogP contribution in [0.5, 0.6) is 0 Å². The van der Waals surface area contributed by atoms with E-state index in [9.17, 15) is 4.79 Å². The second-order valence-corrected chi connectivity index (χ2v) is 6.95. The summed E-state index contributed by atoms with van der Waals surface area (Å²) in [4.78, 5) is 15.2. The first-order valence-electron chi connectivity index (χ1n) is 8.66. The van der Waals surface area contributed by atoms with Crippen LogP contribution in [0.1, 0.15) is 50.4 Å². The maximum atomic E-state index is 12.8. The van der Waals surface area contributed by atoms with E-state index in [0.29, 0.717) is 12.5 Å². The highest BCUT2D eigenvalue weighted by Gasteiger charge is 2.19. The number of nitrogens with one attached hydrogen (secondary N) is 1. The minimum absolute atomic E-state index is 0.215. The predicted molar refractivity (Wildman–Crippen MR) is 92.2 cm³/mol. The van der Waals surface area contributed by atoms with Crippen LogP contribution < -0.4 is 10.9 Å². The van der Waals surface area contributed by atoms with Gasteiger partial charge in [0, 0.05) is 43.9 Å². The topological polar surface area (TPSA) is 37.3 Å². The Bertz CT molecular complexity index is 548. The zero-order valence-electron chi connectivity index (χ0n) is 14.6. The molecule has 0 spiro atoms. The van der Waals surface area contributed by atoms with E-state index in [1.165, 1.54) is 11.3 Å². The first-order valence-corrected chi connectivity index (χ1v) is 8.66. The summed E-state index contributed by atoms with van der Waals surface area (Å²) in [6.07, 6.45) is 3.14. The summed E-state index contributed by atoms with van der Waals surface area (Å²) >= 11 is 0. The molecule has 0 atom stereocenters.